The largest absolute Gasteiger partial charge is 0.416 e. The maximum absolute atomic E-state index is 12.9. The number of alkyl halides is 3. The molecule has 5 nitrogen and oxygen atoms in total. The van der Waals surface area contributed by atoms with Gasteiger partial charge < -0.3 is 0 Å². The molecule has 0 spiro atoms. The monoisotopic (exact) mass is 445 g/mol. The van der Waals surface area contributed by atoms with Crippen molar-refractivity contribution in [1.29, 1.82) is 0 Å². The number of carbonyl (C=O) groups excluding carboxylic acids is 1. The molecule has 2 aromatic carbocycles. The van der Waals surface area contributed by atoms with E-state index in [1.807, 2.05) is 0 Å². The van der Waals surface area contributed by atoms with Crippen LogP contribution < -0.4 is 4.90 Å². The minimum absolute atomic E-state index is 0.00227. The van der Waals surface area contributed by atoms with Gasteiger partial charge in [0, 0.05) is 0 Å². The molecule has 0 aromatic heterocycles. The molecular formula is C17H10F3NO4S3. The molecule has 1 amide bonds. The molecule has 0 aliphatic carbocycles. The van der Waals surface area contributed by atoms with Crippen molar-refractivity contribution in [2.24, 2.45) is 0 Å². The second kappa shape index (κ2) is 7.32. The van der Waals surface area contributed by atoms with Crippen molar-refractivity contribution in [2.45, 2.75) is 11.1 Å². The summed E-state index contributed by atoms with van der Waals surface area (Å²) in [7, 11) is -4.34. The molecule has 2 aromatic rings. The topological polar surface area (TPSA) is 74.7 Å². The highest BCUT2D eigenvalue weighted by molar-refractivity contribution is 8.27. The van der Waals surface area contributed by atoms with Gasteiger partial charge in [-0.25, -0.2) is 0 Å². The molecule has 1 heterocycles. The van der Waals surface area contributed by atoms with Crippen LogP contribution in [-0.2, 0) is 21.1 Å². The second-order valence-corrected chi connectivity index (χ2v) is 8.71. The van der Waals surface area contributed by atoms with Crippen molar-refractivity contribution in [3.8, 4) is 0 Å². The zero-order chi connectivity index (χ0) is 20.7. The molecule has 0 saturated carbocycles. The normalized spacial score (nSPS) is 16.9. The Kier molecular flexibility index (Phi) is 5.36. The highest BCUT2D eigenvalue weighted by Gasteiger charge is 2.36. The number of nitrogens with zero attached hydrogens (tertiary/aromatic N) is 1. The number of benzene rings is 2. The minimum Gasteiger partial charge on any atom is -0.282 e. The van der Waals surface area contributed by atoms with Crippen molar-refractivity contribution in [1.82, 2.24) is 0 Å². The van der Waals surface area contributed by atoms with Crippen LogP contribution in [0.3, 0.4) is 0 Å². The first kappa shape index (κ1) is 20.5. The first-order chi connectivity index (χ1) is 13.0. The van der Waals surface area contributed by atoms with Gasteiger partial charge in [0.2, 0.25) is 0 Å². The van der Waals surface area contributed by atoms with E-state index in [4.69, 9.17) is 16.8 Å². The van der Waals surface area contributed by atoms with E-state index in [-0.39, 0.29) is 19.8 Å². The van der Waals surface area contributed by atoms with Crippen molar-refractivity contribution in [3.05, 3.63) is 64.6 Å². The van der Waals surface area contributed by atoms with E-state index < -0.39 is 27.8 Å². The Hall–Kier alpha value is -2.21. The van der Waals surface area contributed by atoms with Gasteiger partial charge in [0.1, 0.15) is 0 Å². The van der Waals surface area contributed by atoms with Gasteiger partial charge in [0.25, 0.3) is 16.0 Å². The van der Waals surface area contributed by atoms with E-state index in [1.54, 1.807) is 0 Å². The van der Waals surface area contributed by atoms with Crippen LogP contribution in [0.25, 0.3) is 6.08 Å². The number of hydrogen-bond donors (Lipinski definition) is 1. The molecule has 28 heavy (non-hydrogen) atoms. The third-order valence-corrected chi connectivity index (χ3v) is 5.87. The van der Waals surface area contributed by atoms with Gasteiger partial charge in [0.05, 0.1) is 21.1 Å². The number of anilines is 1. The zero-order valence-corrected chi connectivity index (χ0v) is 16.1. The number of thioether (sulfide) groups is 1. The molecule has 1 fully saturated rings. The summed E-state index contributed by atoms with van der Waals surface area (Å²) in [4.78, 5) is 13.5. The summed E-state index contributed by atoms with van der Waals surface area (Å²) >= 11 is 6.05. The molecule has 11 heteroatoms. The maximum atomic E-state index is 12.9. The molecule has 0 radical (unpaired) electrons. The molecule has 1 aliphatic heterocycles. The van der Waals surface area contributed by atoms with Crippen LogP contribution in [-0.4, -0.2) is 23.2 Å². The van der Waals surface area contributed by atoms with Gasteiger partial charge in [-0.15, -0.1) is 0 Å². The van der Waals surface area contributed by atoms with Gasteiger partial charge in [-0.05, 0) is 42.0 Å². The zero-order valence-electron chi connectivity index (χ0n) is 13.7. The highest BCUT2D eigenvalue weighted by atomic mass is 32.2. The average Bonchev–Trinajstić information content (AvgIpc) is 2.87. The predicted molar refractivity (Wildman–Crippen MR) is 103 cm³/mol. The molecule has 1 N–H and O–H groups in total. The molecule has 3 rings (SSSR count). The quantitative estimate of drug-likeness (QED) is 0.430. The van der Waals surface area contributed by atoms with Crippen LogP contribution in [0.15, 0.2) is 58.3 Å². The Morgan fingerprint density at radius 3 is 2.32 bits per heavy atom. The van der Waals surface area contributed by atoms with Crippen molar-refractivity contribution >= 4 is 56.1 Å². The van der Waals surface area contributed by atoms with E-state index in [2.05, 4.69) is 0 Å². The summed E-state index contributed by atoms with van der Waals surface area (Å²) in [5.41, 5.74) is -0.441. The standard InChI is InChI=1S/C17H10F3NO4S3/c18-17(19,20)11-2-1-3-12(9-11)21-15(22)14(27-16(21)26)8-10-4-6-13(7-5-10)28(23,24)25/h1-9H,(H,23,24,25). The molecule has 0 unspecified atom stereocenters. The lowest BCUT2D eigenvalue weighted by molar-refractivity contribution is -0.137. The third-order valence-electron chi connectivity index (χ3n) is 3.70. The Bertz CT molecular complexity index is 1090. The number of halogens is 3. The highest BCUT2D eigenvalue weighted by Crippen LogP contribution is 2.38. The number of rotatable bonds is 3. The van der Waals surface area contributed by atoms with E-state index >= 15 is 0 Å². The summed E-state index contributed by atoms with van der Waals surface area (Å²) in [6.45, 7) is 0. The minimum atomic E-state index is -4.55. The molecule has 146 valence electrons. The smallest absolute Gasteiger partial charge is 0.282 e. The molecule has 1 aliphatic rings. The second-order valence-electron chi connectivity index (χ2n) is 5.61. The van der Waals surface area contributed by atoms with Crippen LogP contribution >= 0.6 is 24.0 Å². The van der Waals surface area contributed by atoms with Gasteiger partial charge in [-0.1, -0.05) is 42.2 Å². The van der Waals surface area contributed by atoms with E-state index in [1.165, 1.54) is 30.3 Å². The van der Waals surface area contributed by atoms with Crippen LogP contribution in [0.1, 0.15) is 11.1 Å². The molecular weight excluding hydrogens is 435 g/mol. The summed E-state index contributed by atoms with van der Waals surface area (Å²) in [6, 6.07) is 9.35. The van der Waals surface area contributed by atoms with Crippen molar-refractivity contribution < 1.29 is 30.9 Å². The van der Waals surface area contributed by atoms with Crippen molar-refractivity contribution in [3.63, 3.8) is 0 Å². The number of hydrogen-bond acceptors (Lipinski definition) is 5. The Labute approximate surface area is 167 Å². The number of carbonyl (C=O) groups is 1. The van der Waals surface area contributed by atoms with Crippen LogP contribution in [0, 0.1) is 0 Å². The molecule has 1 saturated heterocycles. The fourth-order valence-corrected chi connectivity index (χ4v) is 4.18. The van der Waals surface area contributed by atoms with E-state index in [0.717, 1.165) is 40.9 Å². The van der Waals surface area contributed by atoms with E-state index in [9.17, 15) is 26.4 Å². The summed E-state index contributed by atoms with van der Waals surface area (Å²) in [5, 5.41) is 0. The lowest BCUT2D eigenvalue weighted by Gasteiger charge is -2.16. The number of thiocarbonyl (C=S) groups is 1. The van der Waals surface area contributed by atoms with E-state index in [0.29, 0.717) is 5.56 Å². The maximum Gasteiger partial charge on any atom is 0.416 e. The Balaban J connectivity index is 1.91. The van der Waals surface area contributed by atoms with Crippen LogP contribution in [0.2, 0.25) is 0 Å². The lowest BCUT2D eigenvalue weighted by atomic mass is 10.1. The predicted octanol–water partition coefficient (Wildman–Crippen LogP) is 4.36. The fourth-order valence-electron chi connectivity index (χ4n) is 2.40. The third kappa shape index (κ3) is 4.27. The summed E-state index contributed by atoms with van der Waals surface area (Å²) in [6.07, 6.45) is -3.12. The first-order valence-electron chi connectivity index (χ1n) is 7.49. The average molecular weight is 445 g/mol. The summed E-state index contributed by atoms with van der Waals surface area (Å²) in [5.74, 6) is -0.590. The fraction of sp³-hybridized carbons (Fsp3) is 0.0588. The van der Waals surface area contributed by atoms with Gasteiger partial charge in [-0.2, -0.15) is 21.6 Å². The van der Waals surface area contributed by atoms with Crippen LogP contribution in [0.5, 0.6) is 0 Å². The summed E-state index contributed by atoms with van der Waals surface area (Å²) < 4.78 is 69.9. The first-order valence-corrected chi connectivity index (χ1v) is 10.2. The molecule has 0 bridgehead atoms. The van der Waals surface area contributed by atoms with Crippen LogP contribution in [0.4, 0.5) is 18.9 Å². The SMILES string of the molecule is O=C1C(=Cc2ccc(S(=O)(=O)O)cc2)SC(=S)N1c1cccc(C(F)(F)F)c1. The van der Waals surface area contributed by atoms with Gasteiger partial charge in [0.15, 0.2) is 4.32 Å². The lowest BCUT2D eigenvalue weighted by Crippen LogP contribution is -2.27. The Morgan fingerprint density at radius 1 is 1.11 bits per heavy atom. The molecule has 0 atom stereocenters. The Morgan fingerprint density at radius 2 is 1.75 bits per heavy atom. The van der Waals surface area contributed by atoms with Gasteiger partial charge in [-0.3, -0.25) is 14.2 Å². The van der Waals surface area contributed by atoms with Crippen molar-refractivity contribution in [2.75, 3.05) is 4.90 Å². The van der Waals surface area contributed by atoms with Gasteiger partial charge >= 0.3 is 6.18 Å². The number of amides is 1.